The number of ether oxygens (including phenoxy) is 2. The zero-order valence-corrected chi connectivity index (χ0v) is 20.3. The Kier molecular flexibility index (Phi) is 9.62. The number of aliphatic hydroxyl groups excluding tert-OH is 2. The van der Waals surface area contributed by atoms with E-state index in [0.717, 1.165) is 26.9 Å². The van der Waals surface area contributed by atoms with E-state index in [2.05, 4.69) is 29.9 Å². The second-order valence-corrected chi connectivity index (χ2v) is 9.20. The third kappa shape index (κ3) is 7.13. The van der Waals surface area contributed by atoms with Crippen LogP contribution in [0.15, 0.2) is 48.5 Å². The van der Waals surface area contributed by atoms with E-state index in [-0.39, 0.29) is 18.2 Å². The standard InChI is InChI=1S/C27H31FO5S/c1-3-18-7-12-22-21(13-14-24(30)23(29)5-4-6-27(31)32-2)25(34-26(22)17-18)15-16-33-20-10-8-19(28)9-11-20/h7-14,17,23-24,29-30H,3-6,15-16H2,1-2H3/b14-13+. The fourth-order valence-corrected chi connectivity index (χ4v) is 4.88. The van der Waals surface area contributed by atoms with Crippen molar-refractivity contribution in [3.05, 3.63) is 70.4 Å². The van der Waals surface area contributed by atoms with Crippen LogP contribution in [0.1, 0.15) is 42.2 Å². The number of hydrogen-bond acceptors (Lipinski definition) is 6. The number of halogens is 1. The lowest BCUT2D eigenvalue weighted by Crippen LogP contribution is -2.23. The van der Waals surface area contributed by atoms with Crippen LogP contribution in [0.2, 0.25) is 0 Å². The van der Waals surface area contributed by atoms with Crippen LogP contribution in [0.25, 0.3) is 16.2 Å². The number of fused-ring (bicyclic) bond motifs is 1. The Labute approximate surface area is 203 Å². The van der Waals surface area contributed by atoms with Crippen molar-refractivity contribution in [2.45, 2.75) is 51.2 Å². The Morgan fingerprint density at radius 2 is 1.94 bits per heavy atom. The molecule has 0 radical (unpaired) electrons. The number of esters is 1. The zero-order chi connectivity index (χ0) is 24.5. The van der Waals surface area contributed by atoms with Crippen molar-refractivity contribution in [1.82, 2.24) is 0 Å². The molecule has 1 heterocycles. The number of carbonyl (C=O) groups is 1. The minimum atomic E-state index is -1.05. The number of aliphatic hydroxyl groups is 2. The molecule has 2 unspecified atom stereocenters. The second-order valence-electron chi connectivity index (χ2n) is 8.06. The number of rotatable bonds is 12. The van der Waals surface area contributed by atoms with Crippen LogP contribution in [-0.4, -0.2) is 42.1 Å². The summed E-state index contributed by atoms with van der Waals surface area (Å²) in [6, 6.07) is 12.3. The van der Waals surface area contributed by atoms with E-state index in [1.165, 1.54) is 24.8 Å². The number of thiophene rings is 1. The lowest BCUT2D eigenvalue weighted by atomic mass is 10.0. The average Bonchev–Trinajstić information content (AvgIpc) is 3.19. The van der Waals surface area contributed by atoms with Gasteiger partial charge in [0.2, 0.25) is 0 Å². The quantitative estimate of drug-likeness (QED) is 0.340. The summed E-state index contributed by atoms with van der Waals surface area (Å²) in [7, 11) is 1.33. The van der Waals surface area contributed by atoms with Crippen molar-refractivity contribution >= 4 is 33.5 Å². The van der Waals surface area contributed by atoms with Crippen molar-refractivity contribution in [2.75, 3.05) is 13.7 Å². The van der Waals surface area contributed by atoms with E-state index in [4.69, 9.17) is 4.74 Å². The van der Waals surface area contributed by atoms with Gasteiger partial charge in [0, 0.05) is 22.4 Å². The van der Waals surface area contributed by atoms with Crippen LogP contribution in [-0.2, 0) is 22.4 Å². The first kappa shape index (κ1) is 25.9. The molecule has 0 bridgehead atoms. The molecular formula is C27H31FO5S. The van der Waals surface area contributed by atoms with Crippen LogP contribution < -0.4 is 4.74 Å². The molecule has 34 heavy (non-hydrogen) atoms. The van der Waals surface area contributed by atoms with Gasteiger partial charge in [-0.15, -0.1) is 11.3 Å². The summed E-state index contributed by atoms with van der Waals surface area (Å²) in [5.41, 5.74) is 2.24. The van der Waals surface area contributed by atoms with Crippen LogP contribution >= 0.6 is 11.3 Å². The molecule has 0 aliphatic rings. The maximum Gasteiger partial charge on any atom is 0.305 e. The largest absolute Gasteiger partial charge is 0.493 e. The van der Waals surface area contributed by atoms with Gasteiger partial charge in [-0.05, 0) is 66.1 Å². The Hall–Kier alpha value is -2.74. The van der Waals surface area contributed by atoms with Crippen LogP contribution in [0.4, 0.5) is 4.39 Å². The highest BCUT2D eigenvalue weighted by Crippen LogP contribution is 2.34. The highest BCUT2D eigenvalue weighted by molar-refractivity contribution is 7.19. The first-order chi connectivity index (χ1) is 16.4. The number of methoxy groups -OCH3 is 1. The average molecular weight is 487 g/mol. The summed E-state index contributed by atoms with van der Waals surface area (Å²) in [5.74, 6) is -0.0265. The van der Waals surface area contributed by atoms with Crippen LogP contribution in [0, 0.1) is 5.82 Å². The van der Waals surface area contributed by atoms with Gasteiger partial charge in [-0.1, -0.05) is 31.2 Å². The maximum absolute atomic E-state index is 13.1. The van der Waals surface area contributed by atoms with E-state index in [1.807, 2.05) is 6.08 Å². The highest BCUT2D eigenvalue weighted by Gasteiger charge is 2.16. The topological polar surface area (TPSA) is 76.0 Å². The minimum Gasteiger partial charge on any atom is -0.493 e. The predicted molar refractivity (Wildman–Crippen MR) is 134 cm³/mol. The molecule has 5 nitrogen and oxygen atoms in total. The summed E-state index contributed by atoms with van der Waals surface area (Å²) in [6.45, 7) is 2.55. The van der Waals surface area contributed by atoms with Gasteiger partial charge in [0.15, 0.2) is 0 Å². The van der Waals surface area contributed by atoms with E-state index >= 15 is 0 Å². The van der Waals surface area contributed by atoms with Gasteiger partial charge in [0.1, 0.15) is 11.6 Å². The Morgan fingerprint density at radius 3 is 2.65 bits per heavy atom. The van der Waals surface area contributed by atoms with Gasteiger partial charge in [-0.2, -0.15) is 0 Å². The molecular weight excluding hydrogens is 455 g/mol. The predicted octanol–water partition coefficient (Wildman–Crippen LogP) is 5.30. The molecule has 0 aliphatic carbocycles. The monoisotopic (exact) mass is 486 g/mol. The summed E-state index contributed by atoms with van der Waals surface area (Å²) < 4.78 is 24.7. The fraction of sp³-hybridized carbons (Fsp3) is 0.370. The molecule has 3 rings (SSSR count). The van der Waals surface area contributed by atoms with Crippen molar-refractivity contribution in [3.8, 4) is 5.75 Å². The third-order valence-electron chi connectivity index (χ3n) is 5.65. The van der Waals surface area contributed by atoms with Crippen molar-refractivity contribution in [1.29, 1.82) is 0 Å². The number of hydrogen-bond donors (Lipinski definition) is 2. The van der Waals surface area contributed by atoms with Gasteiger partial charge in [-0.25, -0.2) is 4.39 Å². The van der Waals surface area contributed by atoms with E-state index < -0.39 is 12.2 Å². The zero-order valence-electron chi connectivity index (χ0n) is 19.5. The van der Waals surface area contributed by atoms with Crippen LogP contribution in [0.5, 0.6) is 5.75 Å². The molecule has 0 spiro atoms. The Morgan fingerprint density at radius 1 is 1.18 bits per heavy atom. The lowest BCUT2D eigenvalue weighted by Gasteiger charge is -2.14. The van der Waals surface area contributed by atoms with E-state index in [9.17, 15) is 19.4 Å². The van der Waals surface area contributed by atoms with Gasteiger partial charge < -0.3 is 19.7 Å². The molecule has 2 aromatic carbocycles. The Balaban J connectivity index is 1.73. The fourth-order valence-electron chi connectivity index (χ4n) is 3.64. The van der Waals surface area contributed by atoms with Gasteiger partial charge >= 0.3 is 5.97 Å². The van der Waals surface area contributed by atoms with Gasteiger partial charge in [0.05, 0.1) is 25.9 Å². The maximum atomic E-state index is 13.1. The Bertz CT molecular complexity index is 1110. The molecule has 3 aromatic rings. The number of aryl methyl sites for hydroxylation is 1. The normalized spacial score (nSPS) is 13.3. The molecule has 0 aliphatic heterocycles. The van der Waals surface area contributed by atoms with Gasteiger partial charge in [-0.3, -0.25) is 4.79 Å². The van der Waals surface area contributed by atoms with Crippen molar-refractivity contribution in [3.63, 3.8) is 0 Å². The molecule has 0 saturated heterocycles. The minimum absolute atomic E-state index is 0.205. The summed E-state index contributed by atoms with van der Waals surface area (Å²) in [6.07, 6.45) is 3.96. The van der Waals surface area contributed by atoms with Crippen molar-refractivity contribution < 1.29 is 28.9 Å². The summed E-state index contributed by atoms with van der Waals surface area (Å²) in [4.78, 5) is 12.3. The molecule has 0 saturated carbocycles. The van der Waals surface area contributed by atoms with E-state index in [0.29, 0.717) is 31.6 Å². The molecule has 0 fully saturated rings. The molecule has 1 aromatic heterocycles. The second kappa shape index (κ2) is 12.6. The third-order valence-corrected chi connectivity index (χ3v) is 6.88. The molecule has 0 amide bonds. The van der Waals surface area contributed by atoms with E-state index in [1.54, 1.807) is 29.5 Å². The van der Waals surface area contributed by atoms with Crippen molar-refractivity contribution in [2.24, 2.45) is 0 Å². The number of benzene rings is 2. The SMILES string of the molecule is CCc1ccc2c(/C=C/C(O)C(O)CCCC(=O)OC)c(CCOc3ccc(F)cc3)sc2c1. The smallest absolute Gasteiger partial charge is 0.305 e. The van der Waals surface area contributed by atoms with Gasteiger partial charge in [0.25, 0.3) is 0 Å². The summed E-state index contributed by atoms with van der Waals surface area (Å²) in [5, 5.41) is 21.8. The van der Waals surface area contributed by atoms with Crippen LogP contribution in [0.3, 0.4) is 0 Å². The molecule has 2 N–H and O–H groups in total. The first-order valence-electron chi connectivity index (χ1n) is 11.4. The highest BCUT2D eigenvalue weighted by atomic mass is 32.1. The lowest BCUT2D eigenvalue weighted by molar-refractivity contribution is -0.140. The number of carbonyl (C=O) groups excluding carboxylic acids is 1. The molecule has 7 heteroatoms. The molecule has 2 atom stereocenters. The first-order valence-corrected chi connectivity index (χ1v) is 12.3. The summed E-state index contributed by atoms with van der Waals surface area (Å²) >= 11 is 1.68. The molecule has 182 valence electrons.